The highest BCUT2D eigenvalue weighted by Gasteiger charge is 2.14. The van der Waals surface area contributed by atoms with Gasteiger partial charge in [-0.2, -0.15) is 0 Å². The van der Waals surface area contributed by atoms with Gasteiger partial charge in [-0.25, -0.2) is 0 Å². The lowest BCUT2D eigenvalue weighted by Gasteiger charge is -2.01. The molecular formula is C16H12BrNO3. The van der Waals surface area contributed by atoms with Crippen LogP contribution < -0.4 is 14.8 Å². The van der Waals surface area contributed by atoms with E-state index in [1.165, 1.54) is 6.08 Å². The van der Waals surface area contributed by atoms with E-state index in [4.69, 9.17) is 9.47 Å². The third kappa shape index (κ3) is 3.25. The number of hydrogen-bond acceptors (Lipinski definition) is 4. The molecule has 2 aromatic carbocycles. The lowest BCUT2D eigenvalue weighted by Crippen LogP contribution is -1.96. The van der Waals surface area contributed by atoms with Crippen LogP contribution in [0.2, 0.25) is 0 Å². The zero-order valence-electron chi connectivity index (χ0n) is 11.0. The molecule has 1 heterocycles. The molecule has 0 bridgehead atoms. The molecule has 0 unspecified atom stereocenters. The minimum Gasteiger partial charge on any atom is -0.454 e. The first-order valence-electron chi connectivity index (χ1n) is 6.35. The summed E-state index contributed by atoms with van der Waals surface area (Å²) in [6.07, 6.45) is 3.11. The summed E-state index contributed by atoms with van der Waals surface area (Å²) in [7, 11) is 0. The summed E-state index contributed by atoms with van der Waals surface area (Å²) in [4.78, 5) is 12.1. The first-order valence-corrected chi connectivity index (χ1v) is 7.14. The van der Waals surface area contributed by atoms with E-state index in [0.29, 0.717) is 17.1 Å². The molecule has 3 rings (SSSR count). The zero-order chi connectivity index (χ0) is 14.7. The first kappa shape index (κ1) is 13.7. The average Bonchev–Trinajstić information content (AvgIpc) is 2.96. The fraction of sp³-hybridized carbons (Fsp3) is 0.0625. The van der Waals surface area contributed by atoms with Crippen molar-refractivity contribution in [1.29, 1.82) is 0 Å². The van der Waals surface area contributed by atoms with Crippen LogP contribution in [0.25, 0.3) is 0 Å². The topological polar surface area (TPSA) is 47.6 Å². The molecule has 0 amide bonds. The summed E-state index contributed by atoms with van der Waals surface area (Å²) in [6.45, 7) is 0.202. The molecule has 1 aliphatic rings. The predicted molar refractivity (Wildman–Crippen MR) is 83.8 cm³/mol. The van der Waals surface area contributed by atoms with Gasteiger partial charge in [0, 0.05) is 28.0 Å². The number of carbonyl (C=O) groups excluding carboxylic acids is 1. The van der Waals surface area contributed by atoms with Gasteiger partial charge in [0.2, 0.25) is 6.79 Å². The van der Waals surface area contributed by atoms with Gasteiger partial charge in [0.25, 0.3) is 0 Å². The lowest BCUT2D eigenvalue weighted by atomic mass is 10.1. The fourth-order valence-corrected chi connectivity index (χ4v) is 2.17. The second kappa shape index (κ2) is 6.01. The van der Waals surface area contributed by atoms with E-state index in [1.54, 1.807) is 24.4 Å². The molecule has 0 aromatic heterocycles. The number of fused-ring (bicyclic) bond motifs is 1. The minimum absolute atomic E-state index is 0.0992. The quantitative estimate of drug-likeness (QED) is 0.672. The number of hydrogen-bond donors (Lipinski definition) is 1. The Balaban J connectivity index is 1.65. The van der Waals surface area contributed by atoms with E-state index in [-0.39, 0.29) is 12.6 Å². The number of allylic oxidation sites excluding steroid dienone is 1. The summed E-state index contributed by atoms with van der Waals surface area (Å²) in [5, 5.41) is 3.05. The first-order chi connectivity index (χ1) is 10.2. The van der Waals surface area contributed by atoms with Crippen molar-refractivity contribution in [3.63, 3.8) is 0 Å². The maximum atomic E-state index is 12.1. The van der Waals surface area contributed by atoms with Gasteiger partial charge in [0.15, 0.2) is 17.3 Å². The number of benzene rings is 2. The highest BCUT2D eigenvalue weighted by atomic mass is 79.9. The van der Waals surface area contributed by atoms with Gasteiger partial charge < -0.3 is 14.8 Å². The van der Waals surface area contributed by atoms with Gasteiger partial charge in [0.05, 0.1) is 0 Å². The van der Waals surface area contributed by atoms with Crippen LogP contribution in [0, 0.1) is 0 Å². The minimum atomic E-state index is -0.0992. The maximum absolute atomic E-state index is 12.1. The van der Waals surface area contributed by atoms with Crippen LogP contribution in [0.5, 0.6) is 11.5 Å². The molecule has 0 atom stereocenters. The van der Waals surface area contributed by atoms with Crippen LogP contribution in [0.1, 0.15) is 10.4 Å². The normalized spacial score (nSPS) is 12.6. The van der Waals surface area contributed by atoms with Crippen LogP contribution in [0.3, 0.4) is 0 Å². The van der Waals surface area contributed by atoms with E-state index in [1.807, 2.05) is 24.3 Å². The summed E-state index contributed by atoms with van der Waals surface area (Å²) < 4.78 is 11.5. The van der Waals surface area contributed by atoms with E-state index in [9.17, 15) is 4.79 Å². The van der Waals surface area contributed by atoms with Crippen LogP contribution in [0.15, 0.2) is 59.2 Å². The van der Waals surface area contributed by atoms with Crippen molar-refractivity contribution >= 4 is 27.4 Å². The highest BCUT2D eigenvalue weighted by molar-refractivity contribution is 9.10. The van der Waals surface area contributed by atoms with E-state index >= 15 is 0 Å². The second-order valence-electron chi connectivity index (χ2n) is 4.42. The SMILES string of the molecule is O=C(/C=C/Nc1ccc(Br)cc1)c1ccc2c(c1)OCO2. The Labute approximate surface area is 130 Å². The van der Waals surface area contributed by atoms with Gasteiger partial charge in [-0.3, -0.25) is 4.79 Å². The molecular weight excluding hydrogens is 334 g/mol. The molecule has 5 heteroatoms. The lowest BCUT2D eigenvalue weighted by molar-refractivity contribution is 0.104. The Morgan fingerprint density at radius 1 is 1.10 bits per heavy atom. The zero-order valence-corrected chi connectivity index (χ0v) is 12.6. The largest absolute Gasteiger partial charge is 0.454 e. The summed E-state index contributed by atoms with van der Waals surface area (Å²) in [6, 6.07) is 12.8. The molecule has 0 fully saturated rings. The van der Waals surface area contributed by atoms with Crippen LogP contribution in [-0.2, 0) is 0 Å². The second-order valence-corrected chi connectivity index (χ2v) is 5.33. The van der Waals surface area contributed by atoms with Crippen LogP contribution in [-0.4, -0.2) is 12.6 Å². The molecule has 2 aromatic rings. The molecule has 21 heavy (non-hydrogen) atoms. The molecule has 0 aliphatic carbocycles. The maximum Gasteiger partial charge on any atom is 0.231 e. The molecule has 106 valence electrons. The van der Waals surface area contributed by atoms with Gasteiger partial charge >= 0.3 is 0 Å². The van der Waals surface area contributed by atoms with Gasteiger partial charge in [-0.1, -0.05) is 15.9 Å². The predicted octanol–water partition coefficient (Wildman–Crippen LogP) is 3.99. The van der Waals surface area contributed by atoms with Crippen molar-refractivity contribution in [3.8, 4) is 11.5 Å². The fourth-order valence-electron chi connectivity index (χ4n) is 1.91. The summed E-state index contributed by atoms with van der Waals surface area (Å²) in [5.41, 5.74) is 1.47. The monoisotopic (exact) mass is 345 g/mol. The average molecular weight is 346 g/mol. The molecule has 4 nitrogen and oxygen atoms in total. The standard InChI is InChI=1S/C16H12BrNO3/c17-12-2-4-13(5-3-12)18-8-7-14(19)11-1-6-15-16(9-11)21-10-20-15/h1-9,18H,10H2/b8-7+. The van der Waals surface area contributed by atoms with E-state index in [2.05, 4.69) is 21.2 Å². The Hall–Kier alpha value is -2.27. The number of ether oxygens (including phenoxy) is 2. The van der Waals surface area contributed by atoms with Crippen LogP contribution >= 0.6 is 15.9 Å². The van der Waals surface area contributed by atoms with Crippen molar-refractivity contribution in [1.82, 2.24) is 0 Å². The molecule has 1 aliphatic heterocycles. The molecule has 1 N–H and O–H groups in total. The third-order valence-electron chi connectivity index (χ3n) is 2.99. The van der Waals surface area contributed by atoms with Crippen molar-refractivity contribution in [2.75, 3.05) is 12.1 Å². The number of rotatable bonds is 4. The number of ketones is 1. The molecule has 0 spiro atoms. The summed E-state index contributed by atoms with van der Waals surface area (Å²) >= 11 is 3.37. The van der Waals surface area contributed by atoms with Gasteiger partial charge in [-0.05, 0) is 42.5 Å². The Kier molecular flexibility index (Phi) is 3.92. The third-order valence-corrected chi connectivity index (χ3v) is 3.51. The van der Waals surface area contributed by atoms with Crippen molar-refractivity contribution in [3.05, 3.63) is 64.8 Å². The Morgan fingerprint density at radius 3 is 2.67 bits per heavy atom. The summed E-state index contributed by atoms with van der Waals surface area (Å²) in [5.74, 6) is 1.18. The number of anilines is 1. The van der Waals surface area contributed by atoms with E-state index < -0.39 is 0 Å². The molecule has 0 saturated heterocycles. The smallest absolute Gasteiger partial charge is 0.231 e. The number of carbonyl (C=O) groups is 1. The Bertz CT molecular complexity index is 695. The number of nitrogens with one attached hydrogen (secondary N) is 1. The van der Waals surface area contributed by atoms with Crippen LogP contribution in [0.4, 0.5) is 5.69 Å². The molecule has 0 radical (unpaired) electrons. The van der Waals surface area contributed by atoms with Gasteiger partial charge in [-0.15, -0.1) is 0 Å². The Morgan fingerprint density at radius 2 is 1.86 bits per heavy atom. The highest BCUT2D eigenvalue weighted by Crippen LogP contribution is 2.32. The number of halogens is 1. The van der Waals surface area contributed by atoms with Crippen molar-refractivity contribution < 1.29 is 14.3 Å². The van der Waals surface area contributed by atoms with E-state index in [0.717, 1.165) is 10.2 Å². The van der Waals surface area contributed by atoms with Gasteiger partial charge in [0.1, 0.15) is 0 Å². The van der Waals surface area contributed by atoms with Crippen molar-refractivity contribution in [2.45, 2.75) is 0 Å². The van der Waals surface area contributed by atoms with Crippen molar-refractivity contribution in [2.24, 2.45) is 0 Å². The molecule has 0 saturated carbocycles.